The molecular formula is C56H62N8O4. The Morgan fingerprint density at radius 2 is 1.12 bits per heavy atom. The Morgan fingerprint density at radius 1 is 0.603 bits per heavy atom. The smallest absolute Gasteiger partial charge is 0.240 e. The quantitative estimate of drug-likeness (QED) is 0.0575. The molecule has 6 aromatic rings. The van der Waals surface area contributed by atoms with Crippen molar-refractivity contribution in [3.63, 3.8) is 0 Å². The van der Waals surface area contributed by atoms with E-state index in [1.807, 2.05) is 78.2 Å². The molecule has 4 aromatic carbocycles. The SMILES string of the molecule is CC(=O)CCCNCC(=O)N(CCc1cccc(C#N)c1)c1ccn(Cc2cccc(-c3cccc(Cn4ccc(N(CCc5cccc(C#N)c5)C(=O)CCCCNC(C)=O)c4)c3C)c2C)c1. The summed E-state index contributed by atoms with van der Waals surface area (Å²) in [6, 6.07) is 36.1. The van der Waals surface area contributed by atoms with Gasteiger partial charge in [-0.3, -0.25) is 14.4 Å². The molecule has 0 aliphatic rings. The number of nitriles is 2. The van der Waals surface area contributed by atoms with Gasteiger partial charge in [-0.15, -0.1) is 0 Å². The van der Waals surface area contributed by atoms with E-state index >= 15 is 0 Å². The van der Waals surface area contributed by atoms with E-state index in [2.05, 4.69) is 82.2 Å². The van der Waals surface area contributed by atoms with Crippen molar-refractivity contribution in [2.75, 3.05) is 42.5 Å². The highest BCUT2D eigenvalue weighted by atomic mass is 16.2. The highest BCUT2D eigenvalue weighted by Crippen LogP contribution is 2.32. The van der Waals surface area contributed by atoms with Gasteiger partial charge in [-0.2, -0.15) is 10.5 Å². The highest BCUT2D eigenvalue weighted by Gasteiger charge is 2.20. The molecule has 0 aliphatic carbocycles. The van der Waals surface area contributed by atoms with Crippen LogP contribution in [0, 0.1) is 36.5 Å². The third-order valence-corrected chi connectivity index (χ3v) is 12.3. The summed E-state index contributed by atoms with van der Waals surface area (Å²) in [4.78, 5) is 53.8. The molecule has 0 fully saturated rings. The van der Waals surface area contributed by atoms with Crippen molar-refractivity contribution >= 4 is 34.9 Å². The van der Waals surface area contributed by atoms with Crippen LogP contribution in [-0.4, -0.2) is 65.4 Å². The van der Waals surface area contributed by atoms with Crippen molar-refractivity contribution < 1.29 is 19.2 Å². The molecule has 68 heavy (non-hydrogen) atoms. The van der Waals surface area contributed by atoms with Crippen LogP contribution in [0.5, 0.6) is 0 Å². The number of unbranched alkanes of at least 4 members (excludes halogenated alkanes) is 1. The lowest BCUT2D eigenvalue weighted by atomic mass is 9.91. The Bertz CT molecular complexity index is 2600. The molecule has 0 unspecified atom stereocenters. The molecular weight excluding hydrogens is 849 g/mol. The molecule has 0 saturated heterocycles. The fourth-order valence-corrected chi connectivity index (χ4v) is 8.48. The normalized spacial score (nSPS) is 10.9. The average molecular weight is 911 g/mol. The van der Waals surface area contributed by atoms with Gasteiger partial charge >= 0.3 is 0 Å². The number of benzene rings is 4. The number of amides is 3. The van der Waals surface area contributed by atoms with Crippen molar-refractivity contribution in [2.45, 2.75) is 85.7 Å². The zero-order valence-electron chi connectivity index (χ0n) is 39.8. The molecule has 350 valence electrons. The maximum atomic E-state index is 13.7. The van der Waals surface area contributed by atoms with Crippen molar-refractivity contribution in [3.8, 4) is 23.3 Å². The summed E-state index contributed by atoms with van der Waals surface area (Å²) in [5, 5.41) is 24.9. The minimum atomic E-state index is -0.0808. The molecule has 0 aliphatic heterocycles. The third kappa shape index (κ3) is 14.2. The number of hydrogen-bond donors (Lipinski definition) is 2. The molecule has 12 nitrogen and oxygen atoms in total. The van der Waals surface area contributed by atoms with Crippen molar-refractivity contribution in [1.82, 2.24) is 19.8 Å². The van der Waals surface area contributed by atoms with Crippen LogP contribution in [0.15, 0.2) is 122 Å². The van der Waals surface area contributed by atoms with Crippen LogP contribution in [0.25, 0.3) is 11.1 Å². The van der Waals surface area contributed by atoms with Crippen LogP contribution in [-0.2, 0) is 45.1 Å². The fourth-order valence-electron chi connectivity index (χ4n) is 8.48. The summed E-state index contributed by atoms with van der Waals surface area (Å²) in [5.74, 6) is -0.00178. The van der Waals surface area contributed by atoms with Crippen LogP contribution in [0.2, 0.25) is 0 Å². The highest BCUT2D eigenvalue weighted by molar-refractivity contribution is 5.95. The summed E-state index contributed by atoms with van der Waals surface area (Å²) in [6.07, 6.45) is 12.1. The lowest BCUT2D eigenvalue weighted by Crippen LogP contribution is -2.39. The fraction of sp³-hybridized carbons (Fsp3) is 0.321. The summed E-state index contributed by atoms with van der Waals surface area (Å²) in [5.41, 5.74) is 11.7. The van der Waals surface area contributed by atoms with E-state index in [1.165, 1.54) is 12.5 Å². The lowest BCUT2D eigenvalue weighted by Gasteiger charge is -2.22. The molecule has 2 N–H and O–H groups in total. The number of carbonyl (C=O) groups is 4. The van der Waals surface area contributed by atoms with E-state index in [0.29, 0.717) is 95.3 Å². The van der Waals surface area contributed by atoms with Gasteiger partial charge in [-0.25, -0.2) is 0 Å². The first kappa shape index (κ1) is 49.9. The Labute approximate surface area is 400 Å². The summed E-state index contributed by atoms with van der Waals surface area (Å²) >= 11 is 0. The monoisotopic (exact) mass is 910 g/mol. The van der Waals surface area contributed by atoms with Gasteiger partial charge in [0.15, 0.2) is 0 Å². The van der Waals surface area contributed by atoms with E-state index in [0.717, 1.165) is 50.3 Å². The van der Waals surface area contributed by atoms with E-state index in [9.17, 15) is 29.7 Å². The molecule has 0 bridgehead atoms. The van der Waals surface area contributed by atoms with Gasteiger partial charge < -0.3 is 34.4 Å². The Kier molecular flexibility index (Phi) is 18.2. The first-order chi connectivity index (χ1) is 32.9. The third-order valence-electron chi connectivity index (χ3n) is 12.3. The first-order valence-electron chi connectivity index (χ1n) is 23.4. The standard InChI is InChI=1S/C56H62N8O4/c1-41(65)12-11-26-59-36-56(68)64(31-23-46-14-8-16-48(33-46)35-58)52-25-29-62(40-52)38-50-18-10-20-54(43(50)3)53-19-9-17-49(42(53)2)37-61-28-24-51(39-61)63(55(67)21-5-6-27-60-44(4)66)30-22-45-13-7-15-47(32-45)34-57/h7-10,13-20,24-25,28-29,32-33,39-40,59H,5-6,11-12,21-23,26-27,30-31,36-38H2,1-4H3,(H,60,66). The number of ketones is 1. The van der Waals surface area contributed by atoms with E-state index in [1.54, 1.807) is 24.0 Å². The summed E-state index contributed by atoms with van der Waals surface area (Å²) in [7, 11) is 0. The number of Topliss-reactive ketones (excluding diaryl/α,β-unsaturated/α-hetero) is 1. The molecule has 3 amide bonds. The Hall–Kier alpha value is -7.54. The van der Waals surface area contributed by atoms with Crippen molar-refractivity contribution in [2.24, 2.45) is 0 Å². The molecule has 0 saturated carbocycles. The van der Waals surface area contributed by atoms with Crippen LogP contribution < -0.4 is 20.4 Å². The lowest BCUT2D eigenvalue weighted by molar-refractivity contribution is -0.119. The number of nitrogens with one attached hydrogen (secondary N) is 2. The molecule has 0 radical (unpaired) electrons. The van der Waals surface area contributed by atoms with Gasteiger partial charge in [0, 0.05) is 77.3 Å². The minimum Gasteiger partial charge on any atom is -0.356 e. The number of aromatic nitrogens is 2. The number of carbonyl (C=O) groups excluding carboxylic acids is 4. The van der Waals surface area contributed by atoms with Crippen LogP contribution in [0.4, 0.5) is 11.4 Å². The number of anilines is 2. The number of nitrogens with zero attached hydrogens (tertiary/aromatic N) is 6. The van der Waals surface area contributed by atoms with Gasteiger partial charge in [0.05, 0.1) is 41.2 Å². The van der Waals surface area contributed by atoms with Crippen LogP contribution in [0.3, 0.4) is 0 Å². The van der Waals surface area contributed by atoms with Crippen molar-refractivity contribution in [3.05, 3.63) is 166 Å². The summed E-state index contributed by atoms with van der Waals surface area (Å²) in [6.45, 7) is 10.8. The predicted molar refractivity (Wildman–Crippen MR) is 268 cm³/mol. The minimum absolute atomic E-state index is 0.0161. The topological polar surface area (TPSA) is 156 Å². The van der Waals surface area contributed by atoms with Crippen LogP contribution in [0.1, 0.15) is 90.5 Å². The van der Waals surface area contributed by atoms with Crippen LogP contribution >= 0.6 is 0 Å². The van der Waals surface area contributed by atoms with Gasteiger partial charge in [-0.05, 0) is 140 Å². The molecule has 2 heterocycles. The molecule has 6 rings (SSSR count). The van der Waals surface area contributed by atoms with E-state index in [-0.39, 0.29) is 30.0 Å². The van der Waals surface area contributed by atoms with Gasteiger partial charge in [0.25, 0.3) is 0 Å². The molecule has 0 atom stereocenters. The number of hydrogen-bond acceptors (Lipinski definition) is 7. The second-order valence-corrected chi connectivity index (χ2v) is 17.4. The average Bonchev–Trinajstić information content (AvgIpc) is 4.00. The molecule has 0 spiro atoms. The second-order valence-electron chi connectivity index (χ2n) is 17.4. The predicted octanol–water partition coefficient (Wildman–Crippen LogP) is 8.83. The zero-order valence-corrected chi connectivity index (χ0v) is 39.8. The second kappa shape index (κ2) is 24.8. The van der Waals surface area contributed by atoms with Crippen molar-refractivity contribution in [1.29, 1.82) is 10.5 Å². The Balaban J connectivity index is 1.16. The zero-order chi connectivity index (χ0) is 48.4. The van der Waals surface area contributed by atoms with E-state index in [4.69, 9.17) is 0 Å². The maximum absolute atomic E-state index is 13.7. The van der Waals surface area contributed by atoms with Gasteiger partial charge in [0.2, 0.25) is 17.7 Å². The Morgan fingerprint density at radius 3 is 1.62 bits per heavy atom. The van der Waals surface area contributed by atoms with E-state index < -0.39 is 0 Å². The van der Waals surface area contributed by atoms with Gasteiger partial charge in [-0.1, -0.05) is 60.7 Å². The maximum Gasteiger partial charge on any atom is 0.240 e. The van der Waals surface area contributed by atoms with Gasteiger partial charge in [0.1, 0.15) is 5.78 Å². The largest absolute Gasteiger partial charge is 0.356 e. The molecule has 12 heteroatoms. The molecule has 2 aromatic heterocycles. The number of rotatable bonds is 24. The first-order valence-corrected chi connectivity index (χ1v) is 23.4. The summed E-state index contributed by atoms with van der Waals surface area (Å²) < 4.78 is 4.22.